The van der Waals surface area contributed by atoms with Crippen molar-refractivity contribution in [2.24, 2.45) is 0 Å². The van der Waals surface area contributed by atoms with Crippen LogP contribution in [-0.2, 0) is 9.84 Å². The summed E-state index contributed by atoms with van der Waals surface area (Å²) in [5.41, 5.74) is 2.25. The largest absolute Gasteiger partial charge is 0.223 e. The molecule has 0 saturated carbocycles. The number of benzene rings is 1. The van der Waals surface area contributed by atoms with E-state index in [4.69, 9.17) is 0 Å². The minimum atomic E-state index is -3.26. The smallest absolute Gasteiger partial charge is 0.181 e. The third kappa shape index (κ3) is 3.60. The van der Waals surface area contributed by atoms with E-state index in [-0.39, 0.29) is 5.25 Å². The van der Waals surface area contributed by atoms with Crippen LogP contribution in [0.4, 0.5) is 0 Å². The minimum absolute atomic E-state index is 0.351. The van der Waals surface area contributed by atoms with E-state index < -0.39 is 9.84 Å². The molecule has 0 aliphatic heterocycles. The lowest BCUT2D eigenvalue weighted by atomic mass is 10.1. The van der Waals surface area contributed by atoms with Gasteiger partial charge in [-0.1, -0.05) is 41.5 Å². The van der Waals surface area contributed by atoms with E-state index in [9.17, 15) is 8.42 Å². The highest BCUT2D eigenvalue weighted by Crippen LogP contribution is 2.25. The summed E-state index contributed by atoms with van der Waals surface area (Å²) in [6.07, 6.45) is 9.49. The first-order chi connectivity index (χ1) is 9.50. The Labute approximate surface area is 122 Å². The molecule has 108 valence electrons. The first-order valence-electron chi connectivity index (χ1n) is 7.11. The summed E-state index contributed by atoms with van der Waals surface area (Å²) in [6, 6.07) is 7.17. The molecule has 1 aliphatic carbocycles. The molecule has 0 saturated heterocycles. The van der Waals surface area contributed by atoms with Crippen LogP contribution in [-0.4, -0.2) is 13.7 Å². The second kappa shape index (κ2) is 6.40. The molecule has 0 bridgehead atoms. The van der Waals surface area contributed by atoms with Crippen LogP contribution in [0.5, 0.6) is 0 Å². The predicted molar refractivity (Wildman–Crippen MR) is 83.5 cm³/mol. The summed E-state index contributed by atoms with van der Waals surface area (Å²) < 4.78 is 25.5. The number of sulfone groups is 1. The van der Waals surface area contributed by atoms with Gasteiger partial charge in [0.1, 0.15) is 0 Å². The third-order valence-corrected chi connectivity index (χ3v) is 5.90. The summed E-state index contributed by atoms with van der Waals surface area (Å²) in [6.45, 7) is 4.00. The fourth-order valence-corrected chi connectivity index (χ4v) is 4.22. The predicted octanol–water partition coefficient (Wildman–Crippen LogP) is 4.21. The van der Waals surface area contributed by atoms with Crippen molar-refractivity contribution in [1.29, 1.82) is 0 Å². The molecule has 1 aromatic rings. The van der Waals surface area contributed by atoms with Gasteiger partial charge in [0.15, 0.2) is 9.84 Å². The second-order valence-corrected chi connectivity index (χ2v) is 7.75. The number of hydrogen-bond donors (Lipinski definition) is 0. The van der Waals surface area contributed by atoms with Gasteiger partial charge >= 0.3 is 0 Å². The molecule has 0 radical (unpaired) electrons. The Bertz CT molecular complexity index is 607. The Kier molecular flexibility index (Phi) is 4.81. The fraction of sp³-hybridized carbons (Fsp3) is 0.412. The molecule has 1 unspecified atom stereocenters. The molecule has 0 aromatic heterocycles. The van der Waals surface area contributed by atoms with Crippen LogP contribution in [0.15, 0.2) is 53.0 Å². The van der Waals surface area contributed by atoms with Gasteiger partial charge in [-0.05, 0) is 51.7 Å². The molecule has 1 aliphatic rings. The summed E-state index contributed by atoms with van der Waals surface area (Å²) in [4.78, 5) is 0.438. The summed E-state index contributed by atoms with van der Waals surface area (Å²) in [5.74, 6) is 0. The van der Waals surface area contributed by atoms with E-state index in [1.165, 1.54) is 5.57 Å². The van der Waals surface area contributed by atoms with Gasteiger partial charge in [-0.3, -0.25) is 0 Å². The van der Waals surface area contributed by atoms with Gasteiger partial charge in [0.2, 0.25) is 0 Å². The van der Waals surface area contributed by atoms with Gasteiger partial charge in [-0.15, -0.1) is 0 Å². The van der Waals surface area contributed by atoms with Gasteiger partial charge in [0.05, 0.1) is 10.1 Å². The number of allylic oxidation sites excluding steroid dienone is 4. The molecule has 20 heavy (non-hydrogen) atoms. The van der Waals surface area contributed by atoms with Crippen molar-refractivity contribution < 1.29 is 8.42 Å². The van der Waals surface area contributed by atoms with Crippen molar-refractivity contribution >= 4 is 9.84 Å². The molecule has 0 fully saturated rings. The van der Waals surface area contributed by atoms with Crippen molar-refractivity contribution in [3.05, 3.63) is 53.6 Å². The molecule has 0 spiro atoms. The highest BCUT2D eigenvalue weighted by molar-refractivity contribution is 7.92. The van der Waals surface area contributed by atoms with Crippen LogP contribution in [0.1, 0.15) is 38.2 Å². The van der Waals surface area contributed by atoms with Gasteiger partial charge in [0, 0.05) is 0 Å². The Balaban J connectivity index is 2.32. The van der Waals surface area contributed by atoms with Gasteiger partial charge in [0.25, 0.3) is 0 Å². The van der Waals surface area contributed by atoms with E-state index in [1.807, 2.05) is 32.1 Å². The molecule has 3 heteroatoms. The lowest BCUT2D eigenvalue weighted by Gasteiger charge is -2.16. The molecule has 2 nitrogen and oxygen atoms in total. The molecular formula is C17H22O2S. The summed E-state index contributed by atoms with van der Waals surface area (Å²) in [5, 5.41) is -0.351. The minimum Gasteiger partial charge on any atom is -0.223 e. The zero-order chi connectivity index (χ0) is 14.6. The quantitative estimate of drug-likeness (QED) is 0.764. The van der Waals surface area contributed by atoms with Crippen LogP contribution < -0.4 is 0 Å². The lowest BCUT2D eigenvalue weighted by Crippen LogP contribution is -2.21. The highest BCUT2D eigenvalue weighted by atomic mass is 32.2. The maximum atomic E-state index is 12.8. The standard InChI is InChI=1S/C17H22O2S/c1-14-9-11-16(12-10-14)20(18,19)17-8-6-4-3-5-7-15(2)13-17/h4,6-7,9-12,17H,3,5,8,13H2,1-2H3/b6-4-,15-7+. The molecule has 0 heterocycles. The second-order valence-electron chi connectivity index (χ2n) is 5.52. The van der Waals surface area contributed by atoms with Crippen LogP contribution in [0.3, 0.4) is 0 Å². The van der Waals surface area contributed by atoms with Crippen molar-refractivity contribution in [2.75, 3.05) is 0 Å². The average Bonchev–Trinajstić information content (AvgIpc) is 2.51. The number of aryl methyl sites for hydroxylation is 1. The van der Waals surface area contributed by atoms with Crippen molar-refractivity contribution in [2.45, 2.75) is 49.7 Å². The van der Waals surface area contributed by atoms with Crippen LogP contribution >= 0.6 is 0 Å². The first-order valence-corrected chi connectivity index (χ1v) is 8.66. The maximum absolute atomic E-state index is 12.8. The monoisotopic (exact) mass is 290 g/mol. The maximum Gasteiger partial charge on any atom is 0.181 e. The van der Waals surface area contributed by atoms with Gasteiger partial charge in [-0.25, -0.2) is 8.42 Å². The zero-order valence-corrected chi connectivity index (χ0v) is 13.0. The highest BCUT2D eigenvalue weighted by Gasteiger charge is 2.26. The topological polar surface area (TPSA) is 34.1 Å². The van der Waals surface area contributed by atoms with E-state index in [2.05, 4.69) is 12.2 Å². The Morgan fingerprint density at radius 3 is 2.40 bits per heavy atom. The lowest BCUT2D eigenvalue weighted by molar-refractivity contribution is 0.577. The SMILES string of the molecule is C/C1=C\CC/C=C\CC(S(=O)(=O)c2ccc(C)cc2)C1. The fourth-order valence-electron chi connectivity index (χ4n) is 2.47. The number of hydrogen-bond acceptors (Lipinski definition) is 2. The molecule has 0 amide bonds. The molecule has 2 rings (SSSR count). The third-order valence-electron chi connectivity index (χ3n) is 3.73. The molecule has 0 N–H and O–H groups in total. The van der Waals surface area contributed by atoms with Crippen molar-refractivity contribution in [3.63, 3.8) is 0 Å². The van der Waals surface area contributed by atoms with Crippen LogP contribution in [0.25, 0.3) is 0 Å². The van der Waals surface area contributed by atoms with Crippen LogP contribution in [0.2, 0.25) is 0 Å². The molecule has 1 aromatic carbocycles. The molecule has 1 atom stereocenters. The van der Waals surface area contributed by atoms with E-state index in [1.54, 1.807) is 12.1 Å². The Hall–Kier alpha value is -1.35. The van der Waals surface area contributed by atoms with Crippen molar-refractivity contribution in [1.82, 2.24) is 0 Å². The normalized spacial score (nSPS) is 24.9. The summed E-state index contributed by atoms with van der Waals surface area (Å²) in [7, 11) is -3.26. The Morgan fingerprint density at radius 1 is 1.00 bits per heavy atom. The van der Waals surface area contributed by atoms with E-state index >= 15 is 0 Å². The molecular weight excluding hydrogens is 268 g/mol. The van der Waals surface area contributed by atoms with E-state index in [0.717, 1.165) is 18.4 Å². The Morgan fingerprint density at radius 2 is 1.70 bits per heavy atom. The zero-order valence-electron chi connectivity index (χ0n) is 12.2. The van der Waals surface area contributed by atoms with E-state index in [0.29, 0.717) is 17.7 Å². The van der Waals surface area contributed by atoms with Crippen LogP contribution in [0, 0.1) is 6.92 Å². The first kappa shape index (κ1) is 15.0. The van der Waals surface area contributed by atoms with Crippen molar-refractivity contribution in [3.8, 4) is 0 Å². The van der Waals surface area contributed by atoms with Gasteiger partial charge < -0.3 is 0 Å². The summed E-state index contributed by atoms with van der Waals surface area (Å²) >= 11 is 0. The van der Waals surface area contributed by atoms with Gasteiger partial charge in [-0.2, -0.15) is 0 Å². The number of rotatable bonds is 2. The average molecular weight is 290 g/mol.